The van der Waals surface area contributed by atoms with Gasteiger partial charge in [0.1, 0.15) is 6.26 Å². The molecule has 0 unspecified atom stereocenters. The molecule has 0 spiro atoms. The van der Waals surface area contributed by atoms with Crippen molar-refractivity contribution in [1.29, 1.82) is 0 Å². The number of aliphatic carboxylic acids is 1. The summed E-state index contributed by atoms with van der Waals surface area (Å²) in [4.78, 5) is 26.9. The van der Waals surface area contributed by atoms with Gasteiger partial charge in [-0.15, -0.1) is 0 Å². The molecule has 1 aromatic heterocycles. The van der Waals surface area contributed by atoms with Gasteiger partial charge in [-0.25, -0.2) is 4.98 Å². The van der Waals surface area contributed by atoms with Crippen molar-refractivity contribution in [2.45, 2.75) is 19.8 Å². The summed E-state index contributed by atoms with van der Waals surface area (Å²) in [6.07, 6.45) is 2.56. The lowest BCUT2D eigenvalue weighted by Crippen LogP contribution is -2.28. The van der Waals surface area contributed by atoms with Crippen molar-refractivity contribution < 1.29 is 19.1 Å². The van der Waals surface area contributed by atoms with Crippen molar-refractivity contribution in [2.75, 3.05) is 6.54 Å². The van der Waals surface area contributed by atoms with Crippen LogP contribution >= 0.6 is 0 Å². The van der Waals surface area contributed by atoms with Crippen molar-refractivity contribution in [3.63, 3.8) is 0 Å². The normalized spacial score (nSPS) is 19.3. The van der Waals surface area contributed by atoms with Crippen LogP contribution < -0.4 is 5.32 Å². The van der Waals surface area contributed by atoms with Gasteiger partial charge in [-0.3, -0.25) is 9.59 Å². The van der Waals surface area contributed by atoms with Crippen LogP contribution in [0.5, 0.6) is 0 Å². The molecule has 1 aromatic carbocycles. The fourth-order valence-electron chi connectivity index (χ4n) is 2.45. The van der Waals surface area contributed by atoms with Crippen molar-refractivity contribution >= 4 is 11.9 Å². The second-order valence-electron chi connectivity index (χ2n) is 5.84. The summed E-state index contributed by atoms with van der Waals surface area (Å²) in [5, 5.41) is 11.6. The van der Waals surface area contributed by atoms with Gasteiger partial charge in [-0.2, -0.15) is 0 Å². The van der Waals surface area contributed by atoms with Crippen LogP contribution in [0.1, 0.15) is 17.7 Å². The zero-order chi connectivity index (χ0) is 16.4. The van der Waals surface area contributed by atoms with Crippen LogP contribution in [0.15, 0.2) is 34.9 Å². The third kappa shape index (κ3) is 3.59. The minimum Gasteiger partial charge on any atom is -0.481 e. The highest BCUT2D eigenvalue weighted by Crippen LogP contribution is 2.38. The molecular formula is C17H18N2O4. The Balaban J connectivity index is 1.49. The minimum absolute atomic E-state index is 0.195. The fourth-order valence-corrected chi connectivity index (χ4v) is 2.45. The Bertz CT molecular complexity index is 720. The molecule has 6 heteroatoms. The van der Waals surface area contributed by atoms with Gasteiger partial charge in [0.15, 0.2) is 0 Å². The number of carbonyl (C=O) groups is 2. The summed E-state index contributed by atoms with van der Waals surface area (Å²) >= 11 is 0. The van der Waals surface area contributed by atoms with Crippen LogP contribution in [0.3, 0.4) is 0 Å². The molecule has 1 saturated carbocycles. The maximum absolute atomic E-state index is 11.8. The average molecular weight is 314 g/mol. The second-order valence-corrected chi connectivity index (χ2v) is 5.84. The summed E-state index contributed by atoms with van der Waals surface area (Å²) in [6, 6.07) is 7.89. The summed E-state index contributed by atoms with van der Waals surface area (Å²) < 4.78 is 5.45. The lowest BCUT2D eigenvalue weighted by molar-refractivity contribution is -0.140. The van der Waals surface area contributed by atoms with E-state index in [-0.39, 0.29) is 11.8 Å². The number of hydrogen-bond donors (Lipinski definition) is 2. The van der Waals surface area contributed by atoms with E-state index in [0.717, 1.165) is 11.3 Å². The second kappa shape index (κ2) is 6.24. The third-order valence-corrected chi connectivity index (χ3v) is 3.98. The van der Waals surface area contributed by atoms with Gasteiger partial charge in [0.25, 0.3) is 0 Å². The standard InChI is InChI=1S/C17H18N2O4/c1-10-2-4-11(5-3-10)16-19-12(9-23-16)6-7-18-15(20)13-8-14(13)17(21)22/h2-5,9,13-14H,6-8H2,1H3,(H,18,20)(H,21,22)/t13-,14-/m1/s1. The Morgan fingerprint density at radius 1 is 1.30 bits per heavy atom. The molecule has 1 heterocycles. The van der Waals surface area contributed by atoms with E-state index in [0.29, 0.717) is 25.3 Å². The van der Waals surface area contributed by atoms with Gasteiger partial charge in [0.05, 0.1) is 17.5 Å². The number of hydrogen-bond acceptors (Lipinski definition) is 4. The van der Waals surface area contributed by atoms with Crippen LogP contribution in [0.2, 0.25) is 0 Å². The molecule has 2 atom stereocenters. The molecule has 1 aliphatic rings. The smallest absolute Gasteiger partial charge is 0.307 e. The molecule has 1 aliphatic carbocycles. The summed E-state index contributed by atoms with van der Waals surface area (Å²) in [5.41, 5.74) is 2.84. The van der Waals surface area contributed by atoms with Crippen molar-refractivity contribution in [2.24, 2.45) is 11.8 Å². The minimum atomic E-state index is -0.899. The largest absolute Gasteiger partial charge is 0.481 e. The van der Waals surface area contributed by atoms with E-state index in [1.165, 1.54) is 5.56 Å². The molecule has 0 radical (unpaired) electrons. The number of benzene rings is 1. The predicted octanol–water partition coefficient (Wildman–Crippen LogP) is 2.03. The number of nitrogens with one attached hydrogen (secondary N) is 1. The molecular weight excluding hydrogens is 296 g/mol. The molecule has 0 bridgehead atoms. The van der Waals surface area contributed by atoms with Gasteiger partial charge in [-0.05, 0) is 25.5 Å². The van der Waals surface area contributed by atoms with E-state index in [4.69, 9.17) is 9.52 Å². The highest BCUT2D eigenvalue weighted by molar-refractivity contribution is 5.89. The maximum Gasteiger partial charge on any atom is 0.307 e. The topological polar surface area (TPSA) is 92.4 Å². The van der Waals surface area contributed by atoms with Crippen LogP contribution in [0.25, 0.3) is 11.5 Å². The van der Waals surface area contributed by atoms with Crippen molar-refractivity contribution in [3.05, 3.63) is 41.8 Å². The number of aromatic nitrogens is 1. The van der Waals surface area contributed by atoms with Crippen LogP contribution in [-0.2, 0) is 16.0 Å². The first-order valence-corrected chi connectivity index (χ1v) is 7.56. The Hall–Kier alpha value is -2.63. The van der Waals surface area contributed by atoms with Crippen LogP contribution in [0, 0.1) is 18.8 Å². The van der Waals surface area contributed by atoms with E-state index >= 15 is 0 Å². The van der Waals surface area contributed by atoms with Gasteiger partial charge in [-0.1, -0.05) is 17.7 Å². The monoisotopic (exact) mass is 314 g/mol. The summed E-state index contributed by atoms with van der Waals surface area (Å²) in [7, 11) is 0. The third-order valence-electron chi connectivity index (χ3n) is 3.98. The fraction of sp³-hybridized carbons (Fsp3) is 0.353. The van der Waals surface area contributed by atoms with Gasteiger partial charge in [0, 0.05) is 18.5 Å². The summed E-state index contributed by atoms with van der Waals surface area (Å²) in [5.74, 6) is -1.44. The molecule has 1 fully saturated rings. The van der Waals surface area contributed by atoms with E-state index < -0.39 is 11.9 Å². The molecule has 2 N–H and O–H groups in total. The number of rotatable bonds is 6. The Morgan fingerprint density at radius 3 is 2.70 bits per heavy atom. The number of aryl methyl sites for hydroxylation is 1. The lowest BCUT2D eigenvalue weighted by atomic mass is 10.1. The summed E-state index contributed by atoms with van der Waals surface area (Å²) in [6.45, 7) is 2.43. The first-order valence-electron chi connectivity index (χ1n) is 7.56. The molecule has 23 heavy (non-hydrogen) atoms. The number of carboxylic acid groups (broad SMARTS) is 1. The number of carbonyl (C=O) groups excluding carboxylic acids is 1. The number of oxazole rings is 1. The van der Waals surface area contributed by atoms with Crippen LogP contribution in [-0.4, -0.2) is 28.5 Å². The van der Waals surface area contributed by atoms with Crippen LogP contribution in [0.4, 0.5) is 0 Å². The zero-order valence-electron chi connectivity index (χ0n) is 12.8. The first kappa shape index (κ1) is 15.3. The molecule has 2 aromatic rings. The van der Waals surface area contributed by atoms with Gasteiger partial charge >= 0.3 is 5.97 Å². The average Bonchev–Trinajstić information content (AvgIpc) is 3.21. The van der Waals surface area contributed by atoms with E-state index in [1.54, 1.807) is 6.26 Å². The number of amides is 1. The van der Waals surface area contributed by atoms with Gasteiger partial charge < -0.3 is 14.8 Å². The number of nitrogens with zero attached hydrogens (tertiary/aromatic N) is 1. The molecule has 1 amide bonds. The Labute approximate surface area is 133 Å². The number of carboxylic acids is 1. The molecule has 0 aliphatic heterocycles. The van der Waals surface area contributed by atoms with E-state index in [1.807, 2.05) is 31.2 Å². The van der Waals surface area contributed by atoms with Crippen molar-refractivity contribution in [3.8, 4) is 11.5 Å². The highest BCUT2D eigenvalue weighted by Gasteiger charge is 2.48. The molecule has 6 nitrogen and oxygen atoms in total. The highest BCUT2D eigenvalue weighted by atomic mass is 16.4. The Morgan fingerprint density at radius 2 is 2.04 bits per heavy atom. The maximum atomic E-state index is 11.8. The first-order chi connectivity index (χ1) is 11.0. The van der Waals surface area contributed by atoms with Gasteiger partial charge in [0.2, 0.25) is 11.8 Å². The molecule has 3 rings (SSSR count). The van der Waals surface area contributed by atoms with E-state index in [9.17, 15) is 9.59 Å². The predicted molar refractivity (Wildman–Crippen MR) is 82.6 cm³/mol. The van der Waals surface area contributed by atoms with E-state index in [2.05, 4.69) is 10.3 Å². The van der Waals surface area contributed by atoms with Crippen molar-refractivity contribution in [1.82, 2.24) is 10.3 Å². The zero-order valence-corrected chi connectivity index (χ0v) is 12.8. The SMILES string of the molecule is Cc1ccc(-c2nc(CCNC(=O)[C@@H]3C[C@H]3C(=O)O)co2)cc1. The molecule has 120 valence electrons. The lowest BCUT2D eigenvalue weighted by Gasteiger charge is -2.02. The molecule has 0 saturated heterocycles. The Kier molecular flexibility index (Phi) is 4.14. The quantitative estimate of drug-likeness (QED) is 0.851.